The number of aromatic amines is 1. The standard InChI is InChI=1S/C13H11N5O/c1-8-14-5-4-12(16-8)13-10-6-9(15-7-19)2-3-11(10)17-18-13/h2-7H,1H3,(H,15,19)(H,17,18). The van der Waals surface area contributed by atoms with Gasteiger partial charge in [-0.1, -0.05) is 0 Å². The number of carbonyl (C=O) groups excluding carboxylic acids is 1. The van der Waals surface area contributed by atoms with Gasteiger partial charge in [-0.15, -0.1) is 0 Å². The van der Waals surface area contributed by atoms with E-state index in [0.717, 1.165) is 28.0 Å². The van der Waals surface area contributed by atoms with Crippen LogP contribution in [0.2, 0.25) is 0 Å². The molecule has 0 atom stereocenters. The molecule has 3 rings (SSSR count). The highest BCUT2D eigenvalue weighted by Crippen LogP contribution is 2.26. The van der Waals surface area contributed by atoms with Crippen LogP contribution in [0.3, 0.4) is 0 Å². The number of hydrogen-bond acceptors (Lipinski definition) is 4. The minimum absolute atomic E-state index is 0.649. The summed E-state index contributed by atoms with van der Waals surface area (Å²) in [6.07, 6.45) is 2.35. The molecule has 0 fully saturated rings. The van der Waals surface area contributed by atoms with E-state index in [0.29, 0.717) is 12.2 Å². The number of nitrogens with one attached hydrogen (secondary N) is 2. The van der Waals surface area contributed by atoms with Crippen LogP contribution in [0.15, 0.2) is 30.5 Å². The summed E-state index contributed by atoms with van der Waals surface area (Å²) in [5, 5.41) is 10.8. The molecule has 94 valence electrons. The molecule has 0 aliphatic rings. The fourth-order valence-electron chi connectivity index (χ4n) is 1.96. The second-order valence-corrected chi connectivity index (χ2v) is 4.08. The normalized spacial score (nSPS) is 10.6. The fraction of sp³-hybridized carbons (Fsp3) is 0.0769. The third-order valence-corrected chi connectivity index (χ3v) is 2.81. The monoisotopic (exact) mass is 253 g/mol. The number of aromatic nitrogens is 4. The molecule has 1 aromatic carbocycles. The van der Waals surface area contributed by atoms with Crippen LogP contribution in [0.1, 0.15) is 5.82 Å². The number of hydrogen-bond donors (Lipinski definition) is 2. The van der Waals surface area contributed by atoms with Crippen molar-refractivity contribution in [2.75, 3.05) is 5.32 Å². The van der Waals surface area contributed by atoms with E-state index in [2.05, 4.69) is 25.5 Å². The van der Waals surface area contributed by atoms with Gasteiger partial charge in [0.05, 0.1) is 11.2 Å². The number of H-pyrrole nitrogens is 1. The smallest absolute Gasteiger partial charge is 0.211 e. The predicted octanol–water partition coefficient (Wildman–Crippen LogP) is 1.90. The Hall–Kier alpha value is -2.76. The quantitative estimate of drug-likeness (QED) is 0.698. The number of rotatable bonds is 3. The summed E-state index contributed by atoms with van der Waals surface area (Å²) in [5.41, 5.74) is 3.11. The Morgan fingerprint density at radius 3 is 3.00 bits per heavy atom. The summed E-state index contributed by atoms with van der Waals surface area (Å²) in [6, 6.07) is 7.35. The van der Waals surface area contributed by atoms with Crippen LogP contribution in [0.4, 0.5) is 5.69 Å². The lowest BCUT2D eigenvalue weighted by atomic mass is 10.1. The highest BCUT2D eigenvalue weighted by Gasteiger charge is 2.10. The van der Waals surface area contributed by atoms with E-state index in [9.17, 15) is 4.79 Å². The van der Waals surface area contributed by atoms with Gasteiger partial charge in [-0.3, -0.25) is 9.89 Å². The van der Waals surface area contributed by atoms with Crippen molar-refractivity contribution in [2.45, 2.75) is 6.92 Å². The average Bonchev–Trinajstić information content (AvgIpc) is 2.82. The first kappa shape index (κ1) is 11.3. The average molecular weight is 253 g/mol. The number of anilines is 1. The van der Waals surface area contributed by atoms with Crippen molar-refractivity contribution in [3.8, 4) is 11.4 Å². The minimum atomic E-state index is 0.649. The maximum absolute atomic E-state index is 10.5. The second kappa shape index (κ2) is 4.49. The lowest BCUT2D eigenvalue weighted by molar-refractivity contribution is -0.105. The fourth-order valence-corrected chi connectivity index (χ4v) is 1.96. The summed E-state index contributed by atoms with van der Waals surface area (Å²) in [5.74, 6) is 0.691. The highest BCUT2D eigenvalue weighted by atomic mass is 16.1. The second-order valence-electron chi connectivity index (χ2n) is 4.08. The van der Waals surface area contributed by atoms with Crippen LogP contribution in [-0.4, -0.2) is 26.6 Å². The molecule has 0 spiro atoms. The van der Waals surface area contributed by atoms with E-state index in [1.54, 1.807) is 6.20 Å². The molecule has 0 aliphatic heterocycles. The van der Waals surface area contributed by atoms with Gasteiger partial charge in [-0.2, -0.15) is 5.10 Å². The van der Waals surface area contributed by atoms with E-state index in [1.165, 1.54) is 0 Å². The molecule has 6 heteroatoms. The maximum Gasteiger partial charge on any atom is 0.211 e. The summed E-state index contributed by atoms with van der Waals surface area (Å²) < 4.78 is 0. The first-order chi connectivity index (χ1) is 9.28. The highest BCUT2D eigenvalue weighted by molar-refractivity contribution is 5.95. The van der Waals surface area contributed by atoms with Crippen LogP contribution in [0.5, 0.6) is 0 Å². The van der Waals surface area contributed by atoms with Crippen molar-refractivity contribution in [3.05, 3.63) is 36.3 Å². The molecule has 2 aromatic heterocycles. The Morgan fingerprint density at radius 2 is 2.21 bits per heavy atom. The first-order valence-corrected chi connectivity index (χ1v) is 5.76. The molecule has 0 bridgehead atoms. The molecule has 0 radical (unpaired) electrons. The molecular formula is C13H11N5O. The Balaban J connectivity index is 2.18. The number of carbonyl (C=O) groups is 1. The van der Waals surface area contributed by atoms with Crippen LogP contribution in [-0.2, 0) is 4.79 Å². The van der Waals surface area contributed by atoms with E-state index < -0.39 is 0 Å². The Labute approximate surface area is 108 Å². The number of nitrogens with zero attached hydrogens (tertiary/aromatic N) is 3. The molecule has 0 saturated carbocycles. The molecule has 19 heavy (non-hydrogen) atoms. The largest absolute Gasteiger partial charge is 0.329 e. The topological polar surface area (TPSA) is 83.6 Å². The van der Waals surface area contributed by atoms with Crippen molar-refractivity contribution in [3.63, 3.8) is 0 Å². The Kier molecular flexibility index (Phi) is 2.68. The first-order valence-electron chi connectivity index (χ1n) is 5.76. The molecule has 2 N–H and O–H groups in total. The van der Waals surface area contributed by atoms with Gasteiger partial charge in [0.25, 0.3) is 0 Å². The van der Waals surface area contributed by atoms with E-state index in [4.69, 9.17) is 0 Å². The van der Waals surface area contributed by atoms with Gasteiger partial charge in [0, 0.05) is 17.3 Å². The Bertz CT molecular complexity index is 750. The van der Waals surface area contributed by atoms with Crippen molar-refractivity contribution in [2.24, 2.45) is 0 Å². The summed E-state index contributed by atoms with van der Waals surface area (Å²) in [6.45, 7) is 1.83. The van der Waals surface area contributed by atoms with Gasteiger partial charge in [0.1, 0.15) is 11.5 Å². The molecule has 0 unspecified atom stereocenters. The SMILES string of the molecule is Cc1nccc(-c2n[nH]c3ccc(NC=O)cc23)n1. The summed E-state index contributed by atoms with van der Waals surface area (Å²) in [4.78, 5) is 18.9. The van der Waals surface area contributed by atoms with Crippen molar-refractivity contribution < 1.29 is 4.79 Å². The van der Waals surface area contributed by atoms with Gasteiger partial charge in [-0.05, 0) is 31.2 Å². The van der Waals surface area contributed by atoms with Gasteiger partial charge in [-0.25, -0.2) is 9.97 Å². The molecule has 1 amide bonds. The third-order valence-electron chi connectivity index (χ3n) is 2.81. The number of amides is 1. The zero-order chi connectivity index (χ0) is 13.2. The van der Waals surface area contributed by atoms with Crippen LogP contribution in [0.25, 0.3) is 22.3 Å². The zero-order valence-electron chi connectivity index (χ0n) is 10.2. The zero-order valence-corrected chi connectivity index (χ0v) is 10.2. The van der Waals surface area contributed by atoms with E-state index in [-0.39, 0.29) is 0 Å². The van der Waals surface area contributed by atoms with Crippen LogP contribution < -0.4 is 5.32 Å². The summed E-state index contributed by atoms with van der Waals surface area (Å²) in [7, 11) is 0. The molecule has 3 aromatic rings. The number of fused-ring (bicyclic) bond motifs is 1. The van der Waals surface area contributed by atoms with Gasteiger partial charge < -0.3 is 5.32 Å². The third kappa shape index (κ3) is 2.03. The molecule has 6 nitrogen and oxygen atoms in total. The van der Waals surface area contributed by atoms with Crippen molar-refractivity contribution >= 4 is 23.0 Å². The van der Waals surface area contributed by atoms with Crippen LogP contribution in [0, 0.1) is 6.92 Å². The maximum atomic E-state index is 10.5. The minimum Gasteiger partial charge on any atom is -0.329 e. The van der Waals surface area contributed by atoms with Gasteiger partial charge in [0.2, 0.25) is 6.41 Å². The van der Waals surface area contributed by atoms with E-state index >= 15 is 0 Å². The van der Waals surface area contributed by atoms with E-state index in [1.807, 2.05) is 31.2 Å². The van der Waals surface area contributed by atoms with Crippen molar-refractivity contribution in [1.29, 1.82) is 0 Å². The van der Waals surface area contributed by atoms with Crippen LogP contribution >= 0.6 is 0 Å². The molecular weight excluding hydrogens is 242 g/mol. The predicted molar refractivity (Wildman–Crippen MR) is 71.5 cm³/mol. The molecule has 0 saturated heterocycles. The Morgan fingerprint density at radius 1 is 1.32 bits per heavy atom. The number of benzene rings is 1. The summed E-state index contributed by atoms with van der Waals surface area (Å²) >= 11 is 0. The van der Waals surface area contributed by atoms with Gasteiger partial charge in [0.15, 0.2) is 0 Å². The lowest BCUT2D eigenvalue weighted by Gasteiger charge is -2.00. The van der Waals surface area contributed by atoms with Gasteiger partial charge >= 0.3 is 0 Å². The van der Waals surface area contributed by atoms with Crippen molar-refractivity contribution in [1.82, 2.24) is 20.2 Å². The molecule has 0 aliphatic carbocycles. The molecule has 2 heterocycles. The lowest BCUT2D eigenvalue weighted by Crippen LogP contribution is -1.93. The number of aryl methyl sites for hydroxylation is 1.